The summed E-state index contributed by atoms with van der Waals surface area (Å²) in [7, 11) is 0. The van der Waals surface area contributed by atoms with Crippen molar-refractivity contribution >= 4 is 39.9 Å². The molecule has 1 heterocycles. The molecular formula is C25H32N4O3S. The van der Waals surface area contributed by atoms with Crippen LogP contribution < -0.4 is 10.6 Å². The number of benzene rings is 1. The second-order valence-corrected chi connectivity index (χ2v) is 10.1. The fraction of sp³-hybridized carbons (Fsp3) is 0.520. The normalized spacial score (nSPS) is 16.3. The number of hydrogen-bond acceptors (Lipinski definition) is 5. The summed E-state index contributed by atoms with van der Waals surface area (Å²) < 4.78 is 0. The second-order valence-electron chi connectivity index (χ2n) is 9.25. The molecule has 0 bridgehead atoms. The van der Waals surface area contributed by atoms with Crippen LogP contribution in [0.2, 0.25) is 0 Å². The van der Waals surface area contributed by atoms with Gasteiger partial charge in [0.15, 0.2) is 5.13 Å². The summed E-state index contributed by atoms with van der Waals surface area (Å²) in [5, 5.41) is 7.94. The molecule has 4 rings (SSSR count). The Morgan fingerprint density at radius 1 is 1.00 bits per heavy atom. The average molecular weight is 469 g/mol. The Hall–Kier alpha value is -2.74. The van der Waals surface area contributed by atoms with Crippen molar-refractivity contribution in [3.05, 3.63) is 40.4 Å². The maximum absolute atomic E-state index is 13.0. The van der Waals surface area contributed by atoms with E-state index in [1.54, 1.807) is 10.3 Å². The lowest BCUT2D eigenvalue weighted by Gasteiger charge is -2.28. The number of hydrogen-bond donors (Lipinski definition) is 2. The summed E-state index contributed by atoms with van der Waals surface area (Å²) >= 11 is 1.29. The van der Waals surface area contributed by atoms with Gasteiger partial charge in [-0.1, -0.05) is 25.3 Å². The standard InChI is InChI=1S/C25H32N4O3S/c1-16-8-9-19(12-17(16)2)26-22(30)13-20-15-33-25(27-20)28-23(31)14-29(21-10-11-21)24(32)18-6-4-3-5-7-18/h8-9,12,15,18,21H,3-7,10-11,13-14H2,1-2H3,(H,26,30)(H,27,28,31). The van der Waals surface area contributed by atoms with Crippen molar-refractivity contribution in [2.24, 2.45) is 5.92 Å². The van der Waals surface area contributed by atoms with Gasteiger partial charge in [-0.25, -0.2) is 4.98 Å². The molecule has 2 aliphatic carbocycles. The van der Waals surface area contributed by atoms with Crippen molar-refractivity contribution in [1.29, 1.82) is 0 Å². The van der Waals surface area contributed by atoms with Gasteiger partial charge in [-0.2, -0.15) is 0 Å². The molecule has 1 aromatic carbocycles. The van der Waals surface area contributed by atoms with Crippen molar-refractivity contribution in [1.82, 2.24) is 9.88 Å². The number of rotatable bonds is 8. The first-order valence-electron chi connectivity index (χ1n) is 11.8. The summed E-state index contributed by atoms with van der Waals surface area (Å²) in [6.07, 6.45) is 7.34. The minimum Gasteiger partial charge on any atom is -0.330 e. The number of carbonyl (C=O) groups excluding carboxylic acids is 3. The van der Waals surface area contributed by atoms with Gasteiger partial charge in [0.2, 0.25) is 17.7 Å². The number of nitrogens with zero attached hydrogens (tertiary/aromatic N) is 2. The molecule has 0 radical (unpaired) electrons. The number of anilines is 2. The van der Waals surface area contributed by atoms with Gasteiger partial charge in [0.1, 0.15) is 6.54 Å². The topological polar surface area (TPSA) is 91.4 Å². The van der Waals surface area contributed by atoms with Crippen LogP contribution in [-0.2, 0) is 20.8 Å². The molecule has 8 heteroatoms. The van der Waals surface area contributed by atoms with Gasteiger partial charge in [-0.15, -0.1) is 11.3 Å². The van der Waals surface area contributed by atoms with E-state index in [1.165, 1.54) is 23.3 Å². The van der Waals surface area contributed by atoms with Crippen LogP contribution in [0.1, 0.15) is 61.8 Å². The van der Waals surface area contributed by atoms with Crippen LogP contribution in [0.5, 0.6) is 0 Å². The van der Waals surface area contributed by atoms with Gasteiger partial charge in [0.25, 0.3) is 0 Å². The SMILES string of the molecule is Cc1ccc(NC(=O)Cc2csc(NC(=O)CN(C(=O)C3CCCCC3)C3CC3)n2)cc1C. The van der Waals surface area contributed by atoms with E-state index < -0.39 is 0 Å². The van der Waals surface area contributed by atoms with Gasteiger partial charge in [-0.05, 0) is 62.8 Å². The summed E-state index contributed by atoms with van der Waals surface area (Å²) in [5.41, 5.74) is 3.66. The molecule has 2 N–H and O–H groups in total. The Morgan fingerprint density at radius 2 is 1.76 bits per heavy atom. The third-order valence-electron chi connectivity index (χ3n) is 6.47. The predicted octanol–water partition coefficient (Wildman–Crippen LogP) is 4.45. The van der Waals surface area contributed by atoms with E-state index in [4.69, 9.17) is 0 Å². The van der Waals surface area contributed by atoms with Crippen LogP contribution >= 0.6 is 11.3 Å². The van der Waals surface area contributed by atoms with Crippen LogP contribution in [0.25, 0.3) is 0 Å². The Kier molecular flexibility index (Phi) is 7.42. The first-order chi connectivity index (χ1) is 15.9. The highest BCUT2D eigenvalue weighted by atomic mass is 32.1. The van der Waals surface area contributed by atoms with Gasteiger partial charge in [0, 0.05) is 23.0 Å². The molecule has 0 atom stereocenters. The highest BCUT2D eigenvalue weighted by Gasteiger charge is 2.37. The maximum Gasteiger partial charge on any atom is 0.245 e. The van der Waals surface area contributed by atoms with Gasteiger partial charge >= 0.3 is 0 Å². The van der Waals surface area contributed by atoms with Crippen LogP contribution in [0.3, 0.4) is 0 Å². The fourth-order valence-electron chi connectivity index (χ4n) is 4.31. The maximum atomic E-state index is 13.0. The van der Waals surface area contributed by atoms with Crippen molar-refractivity contribution in [3.8, 4) is 0 Å². The number of aryl methyl sites for hydroxylation is 2. The van der Waals surface area contributed by atoms with Crippen molar-refractivity contribution in [2.75, 3.05) is 17.2 Å². The Bertz CT molecular complexity index is 1020. The molecule has 2 saturated carbocycles. The number of amides is 3. The quantitative estimate of drug-likeness (QED) is 0.599. The summed E-state index contributed by atoms with van der Waals surface area (Å²) in [6, 6.07) is 6.00. The highest BCUT2D eigenvalue weighted by molar-refractivity contribution is 7.13. The predicted molar refractivity (Wildman–Crippen MR) is 130 cm³/mol. The van der Waals surface area contributed by atoms with Crippen LogP contribution in [0.4, 0.5) is 10.8 Å². The molecule has 0 unspecified atom stereocenters. The summed E-state index contributed by atoms with van der Waals surface area (Å²) in [6.45, 7) is 4.11. The summed E-state index contributed by atoms with van der Waals surface area (Å²) in [4.78, 5) is 44.2. The first-order valence-corrected chi connectivity index (χ1v) is 12.7. The molecule has 0 spiro atoms. The van der Waals surface area contributed by atoms with E-state index in [1.807, 2.05) is 32.0 Å². The molecule has 2 aromatic rings. The van der Waals surface area contributed by atoms with Gasteiger partial charge < -0.3 is 15.5 Å². The zero-order valence-corrected chi connectivity index (χ0v) is 20.2. The fourth-order valence-corrected chi connectivity index (χ4v) is 5.03. The average Bonchev–Trinajstić information content (AvgIpc) is 3.55. The smallest absolute Gasteiger partial charge is 0.245 e. The zero-order valence-electron chi connectivity index (χ0n) is 19.4. The van der Waals surface area contributed by atoms with Gasteiger partial charge in [0.05, 0.1) is 12.1 Å². The van der Waals surface area contributed by atoms with Crippen LogP contribution in [0, 0.1) is 19.8 Å². The van der Waals surface area contributed by atoms with Crippen LogP contribution in [0.15, 0.2) is 23.6 Å². The molecule has 2 fully saturated rings. The number of aromatic nitrogens is 1. The summed E-state index contributed by atoms with van der Waals surface area (Å²) in [5.74, 6) is -0.185. The molecule has 0 aliphatic heterocycles. The molecule has 33 heavy (non-hydrogen) atoms. The number of thiazole rings is 1. The van der Waals surface area contributed by atoms with Crippen molar-refractivity contribution < 1.29 is 14.4 Å². The Balaban J connectivity index is 1.29. The largest absolute Gasteiger partial charge is 0.330 e. The molecule has 176 valence electrons. The van der Waals surface area contributed by atoms with Gasteiger partial charge in [-0.3, -0.25) is 14.4 Å². The van der Waals surface area contributed by atoms with Crippen LogP contribution in [-0.4, -0.2) is 40.2 Å². The third-order valence-corrected chi connectivity index (χ3v) is 7.28. The Labute approximate surface area is 199 Å². The molecular weight excluding hydrogens is 436 g/mol. The molecule has 2 aliphatic rings. The first kappa shape index (κ1) is 23.4. The lowest BCUT2D eigenvalue weighted by Crippen LogP contribution is -2.43. The molecule has 1 aromatic heterocycles. The van der Waals surface area contributed by atoms with E-state index in [2.05, 4.69) is 15.6 Å². The van der Waals surface area contributed by atoms with Crippen molar-refractivity contribution in [3.63, 3.8) is 0 Å². The van der Waals surface area contributed by atoms with E-state index in [0.717, 1.165) is 49.8 Å². The lowest BCUT2D eigenvalue weighted by atomic mass is 9.88. The highest BCUT2D eigenvalue weighted by Crippen LogP contribution is 2.32. The monoisotopic (exact) mass is 468 g/mol. The minimum atomic E-state index is -0.230. The van der Waals surface area contributed by atoms with E-state index >= 15 is 0 Å². The lowest BCUT2D eigenvalue weighted by molar-refractivity contribution is -0.139. The van der Waals surface area contributed by atoms with E-state index in [-0.39, 0.29) is 42.6 Å². The molecule has 3 amide bonds. The third kappa shape index (κ3) is 6.41. The molecule has 0 saturated heterocycles. The number of carbonyl (C=O) groups is 3. The second kappa shape index (κ2) is 10.5. The Morgan fingerprint density at radius 3 is 2.45 bits per heavy atom. The van der Waals surface area contributed by atoms with E-state index in [9.17, 15) is 14.4 Å². The molecule has 7 nitrogen and oxygen atoms in total. The van der Waals surface area contributed by atoms with E-state index in [0.29, 0.717) is 10.8 Å². The minimum absolute atomic E-state index is 0.0643. The zero-order chi connectivity index (χ0) is 23.4. The van der Waals surface area contributed by atoms with Crippen molar-refractivity contribution in [2.45, 2.75) is 71.3 Å². The number of nitrogens with one attached hydrogen (secondary N) is 2.